The van der Waals surface area contributed by atoms with Crippen molar-refractivity contribution in [3.63, 3.8) is 0 Å². The minimum Gasteiger partial charge on any atom is -0.492 e. The molecule has 17 heavy (non-hydrogen) atoms. The molecular weight excluding hydrogens is 238 g/mol. The second-order valence-corrected chi connectivity index (χ2v) is 6.13. The van der Waals surface area contributed by atoms with Crippen LogP contribution in [0.25, 0.3) is 0 Å². The van der Waals surface area contributed by atoms with Crippen LogP contribution in [0, 0.1) is 12.8 Å². The van der Waals surface area contributed by atoms with Gasteiger partial charge in [0, 0.05) is 0 Å². The number of primary sulfonamides is 1. The lowest BCUT2D eigenvalue weighted by molar-refractivity contribution is 0.177. The van der Waals surface area contributed by atoms with Crippen molar-refractivity contribution >= 4 is 10.0 Å². The van der Waals surface area contributed by atoms with Crippen molar-refractivity contribution < 1.29 is 13.2 Å². The van der Waals surface area contributed by atoms with E-state index in [9.17, 15) is 8.42 Å². The Bertz CT molecular complexity index is 506. The fourth-order valence-corrected chi connectivity index (χ4v) is 2.58. The molecule has 1 fully saturated rings. The van der Waals surface area contributed by atoms with E-state index in [4.69, 9.17) is 9.88 Å². The lowest BCUT2D eigenvalue weighted by atomic mass is 9.86. The first-order valence-corrected chi connectivity index (χ1v) is 7.28. The van der Waals surface area contributed by atoms with Gasteiger partial charge in [0.2, 0.25) is 10.0 Å². The first-order chi connectivity index (χ1) is 7.97. The molecule has 2 rings (SSSR count). The molecule has 0 aromatic heterocycles. The Balaban J connectivity index is 2.19. The first kappa shape index (κ1) is 12.4. The highest BCUT2D eigenvalue weighted by molar-refractivity contribution is 7.89. The summed E-state index contributed by atoms with van der Waals surface area (Å²) in [5.74, 6) is 0.926. The Labute approximate surface area is 102 Å². The molecule has 0 radical (unpaired) electrons. The Morgan fingerprint density at radius 2 is 2.12 bits per heavy atom. The number of benzene rings is 1. The highest BCUT2D eigenvalue weighted by Crippen LogP contribution is 2.29. The molecule has 5 heteroatoms. The van der Waals surface area contributed by atoms with Crippen LogP contribution in [0.3, 0.4) is 0 Å². The standard InChI is InChI=1S/C12H17NO3S/c1-9-5-6-11(12(7-9)17(13,14)15)16-8-10-3-2-4-10/h5-7,10H,2-4,8H2,1H3,(H2,13,14,15). The number of hydrogen-bond acceptors (Lipinski definition) is 3. The number of rotatable bonds is 4. The summed E-state index contributed by atoms with van der Waals surface area (Å²) < 4.78 is 28.4. The van der Waals surface area contributed by atoms with Crippen LogP contribution in [0.4, 0.5) is 0 Å². The molecule has 1 aliphatic carbocycles. The molecule has 0 aliphatic heterocycles. The van der Waals surface area contributed by atoms with Gasteiger partial charge in [-0.3, -0.25) is 0 Å². The van der Waals surface area contributed by atoms with Crippen molar-refractivity contribution in [3.8, 4) is 5.75 Å². The normalized spacial score (nSPS) is 16.6. The molecule has 1 aliphatic rings. The Morgan fingerprint density at radius 3 is 2.65 bits per heavy atom. The van der Waals surface area contributed by atoms with Gasteiger partial charge in [-0.15, -0.1) is 0 Å². The van der Waals surface area contributed by atoms with Crippen LogP contribution in [0.5, 0.6) is 5.75 Å². The van der Waals surface area contributed by atoms with Gasteiger partial charge in [0.25, 0.3) is 0 Å². The van der Waals surface area contributed by atoms with Crippen LogP contribution < -0.4 is 9.88 Å². The highest BCUT2D eigenvalue weighted by atomic mass is 32.2. The summed E-state index contributed by atoms with van der Waals surface area (Å²) in [6.45, 7) is 2.40. The number of nitrogens with two attached hydrogens (primary N) is 1. The maximum absolute atomic E-state index is 11.4. The monoisotopic (exact) mass is 255 g/mol. The van der Waals surface area contributed by atoms with E-state index in [2.05, 4.69) is 0 Å². The molecule has 0 saturated heterocycles. The van der Waals surface area contributed by atoms with Gasteiger partial charge in [0.05, 0.1) is 6.61 Å². The minimum atomic E-state index is -3.72. The lowest BCUT2D eigenvalue weighted by Gasteiger charge is -2.25. The molecule has 0 spiro atoms. The summed E-state index contributed by atoms with van der Waals surface area (Å²) in [4.78, 5) is 0.0804. The van der Waals surface area contributed by atoms with Crippen LogP contribution in [-0.2, 0) is 10.0 Å². The summed E-state index contributed by atoms with van der Waals surface area (Å²) in [6, 6.07) is 5.05. The van der Waals surface area contributed by atoms with Crippen LogP contribution in [0.2, 0.25) is 0 Å². The van der Waals surface area contributed by atoms with E-state index in [1.807, 2.05) is 13.0 Å². The van der Waals surface area contributed by atoms with Crippen molar-refractivity contribution in [1.29, 1.82) is 0 Å². The summed E-state index contributed by atoms with van der Waals surface area (Å²) in [5.41, 5.74) is 0.852. The molecule has 4 nitrogen and oxygen atoms in total. The summed E-state index contributed by atoms with van der Waals surface area (Å²) in [7, 11) is -3.72. The predicted molar refractivity (Wildman–Crippen MR) is 65.4 cm³/mol. The van der Waals surface area contributed by atoms with Gasteiger partial charge >= 0.3 is 0 Å². The molecule has 0 heterocycles. The molecule has 2 N–H and O–H groups in total. The molecule has 1 aromatic carbocycles. The average Bonchev–Trinajstić information content (AvgIpc) is 2.16. The SMILES string of the molecule is Cc1ccc(OCC2CCC2)c(S(N)(=O)=O)c1. The number of sulfonamides is 1. The third-order valence-electron chi connectivity index (χ3n) is 3.11. The van der Waals surface area contributed by atoms with Crippen molar-refractivity contribution in [2.75, 3.05) is 6.61 Å². The number of hydrogen-bond donors (Lipinski definition) is 1. The number of aryl methyl sites for hydroxylation is 1. The van der Waals surface area contributed by atoms with Crippen LogP contribution in [-0.4, -0.2) is 15.0 Å². The third kappa shape index (κ3) is 2.98. The van der Waals surface area contributed by atoms with Gasteiger partial charge in [0.15, 0.2) is 0 Å². The van der Waals surface area contributed by atoms with E-state index in [0.717, 1.165) is 18.4 Å². The van der Waals surface area contributed by atoms with E-state index in [0.29, 0.717) is 18.3 Å². The first-order valence-electron chi connectivity index (χ1n) is 5.73. The molecule has 1 saturated carbocycles. The Hall–Kier alpha value is -1.07. The Kier molecular flexibility index (Phi) is 3.40. The molecule has 0 bridgehead atoms. The van der Waals surface area contributed by atoms with Crippen LogP contribution >= 0.6 is 0 Å². The zero-order valence-corrected chi connectivity index (χ0v) is 10.7. The third-order valence-corrected chi connectivity index (χ3v) is 4.04. The van der Waals surface area contributed by atoms with Gasteiger partial charge in [-0.2, -0.15) is 0 Å². The lowest BCUT2D eigenvalue weighted by Crippen LogP contribution is -2.21. The van der Waals surface area contributed by atoms with Crippen molar-refractivity contribution in [1.82, 2.24) is 0 Å². The zero-order chi connectivity index (χ0) is 12.5. The van der Waals surface area contributed by atoms with Crippen molar-refractivity contribution in [2.24, 2.45) is 11.1 Å². The molecule has 0 amide bonds. The van der Waals surface area contributed by atoms with Gasteiger partial charge in [-0.25, -0.2) is 13.6 Å². The van der Waals surface area contributed by atoms with Crippen LogP contribution in [0.1, 0.15) is 24.8 Å². The summed E-state index contributed by atoms with van der Waals surface area (Å²) in [5, 5.41) is 5.17. The van der Waals surface area contributed by atoms with E-state index in [-0.39, 0.29) is 4.90 Å². The Morgan fingerprint density at radius 1 is 1.41 bits per heavy atom. The molecule has 1 aromatic rings. The quantitative estimate of drug-likeness (QED) is 0.892. The average molecular weight is 255 g/mol. The maximum atomic E-state index is 11.4. The molecule has 94 valence electrons. The fourth-order valence-electron chi connectivity index (χ4n) is 1.82. The smallest absolute Gasteiger partial charge is 0.241 e. The molecule has 0 unspecified atom stereocenters. The maximum Gasteiger partial charge on any atom is 0.241 e. The van der Waals surface area contributed by atoms with Gasteiger partial charge < -0.3 is 4.74 Å². The van der Waals surface area contributed by atoms with Gasteiger partial charge in [0.1, 0.15) is 10.6 Å². The van der Waals surface area contributed by atoms with Crippen molar-refractivity contribution in [2.45, 2.75) is 31.1 Å². The zero-order valence-electron chi connectivity index (χ0n) is 9.85. The predicted octanol–water partition coefficient (Wildman–Crippen LogP) is 1.82. The topological polar surface area (TPSA) is 69.4 Å². The second-order valence-electron chi connectivity index (χ2n) is 4.60. The highest BCUT2D eigenvalue weighted by Gasteiger charge is 2.20. The molecular formula is C12H17NO3S. The summed E-state index contributed by atoms with van der Waals surface area (Å²) in [6.07, 6.45) is 3.57. The largest absolute Gasteiger partial charge is 0.492 e. The number of ether oxygens (including phenoxy) is 1. The van der Waals surface area contributed by atoms with E-state index < -0.39 is 10.0 Å². The van der Waals surface area contributed by atoms with Crippen LogP contribution in [0.15, 0.2) is 23.1 Å². The molecule has 0 atom stereocenters. The van der Waals surface area contributed by atoms with E-state index in [1.54, 1.807) is 12.1 Å². The van der Waals surface area contributed by atoms with Crippen molar-refractivity contribution in [3.05, 3.63) is 23.8 Å². The fraction of sp³-hybridized carbons (Fsp3) is 0.500. The van der Waals surface area contributed by atoms with E-state index >= 15 is 0 Å². The minimum absolute atomic E-state index is 0.0804. The van der Waals surface area contributed by atoms with E-state index in [1.165, 1.54) is 6.42 Å². The van der Waals surface area contributed by atoms with Gasteiger partial charge in [-0.1, -0.05) is 12.5 Å². The second kappa shape index (κ2) is 4.66. The van der Waals surface area contributed by atoms with Gasteiger partial charge in [-0.05, 0) is 43.4 Å². The summed E-state index contributed by atoms with van der Waals surface area (Å²) >= 11 is 0.